The molecule has 0 radical (unpaired) electrons. The van der Waals surface area contributed by atoms with Crippen molar-refractivity contribution in [3.8, 4) is 0 Å². The molecule has 0 spiro atoms. The molecule has 5 heteroatoms. The Morgan fingerprint density at radius 1 is 1.65 bits per heavy atom. The van der Waals surface area contributed by atoms with Crippen molar-refractivity contribution < 1.29 is 9.90 Å². The highest BCUT2D eigenvalue weighted by atomic mass is 16.4. The number of carbonyl (C=O) groups is 1. The molecule has 0 bridgehead atoms. The minimum atomic E-state index is -1.04. The van der Waals surface area contributed by atoms with E-state index in [9.17, 15) is 9.59 Å². The van der Waals surface area contributed by atoms with E-state index >= 15 is 0 Å². The first-order valence-electron chi connectivity index (χ1n) is 5.83. The van der Waals surface area contributed by atoms with Gasteiger partial charge in [-0.15, -0.1) is 0 Å². The van der Waals surface area contributed by atoms with Crippen molar-refractivity contribution in [2.24, 2.45) is 5.92 Å². The first kappa shape index (κ1) is 11.8. The molecule has 1 N–H and O–H groups in total. The van der Waals surface area contributed by atoms with Crippen molar-refractivity contribution >= 4 is 5.97 Å². The van der Waals surface area contributed by atoms with Gasteiger partial charge in [0.15, 0.2) is 6.04 Å². The molecule has 0 saturated carbocycles. The minimum absolute atomic E-state index is 0.326. The Balaban J connectivity index is 2.45. The number of fused-ring (bicyclic) bond motifs is 1. The van der Waals surface area contributed by atoms with Gasteiger partial charge in [-0.25, -0.2) is 9.48 Å². The standard InChI is InChI=1S/C12H16N2O3/c1-7-3-4-10-9(5-7)6-11(15)14(13-10)8(2)12(16)17/h6-8H,3-5H2,1-2H3,(H,16,17)/t7-,8-/m0/s1. The second-order valence-electron chi connectivity index (χ2n) is 4.76. The quantitative estimate of drug-likeness (QED) is 0.832. The Morgan fingerprint density at radius 3 is 3.00 bits per heavy atom. The zero-order valence-corrected chi connectivity index (χ0v) is 10.0. The van der Waals surface area contributed by atoms with Crippen LogP contribution in [0.15, 0.2) is 10.9 Å². The summed E-state index contributed by atoms with van der Waals surface area (Å²) in [6, 6.07) is 0.629. The van der Waals surface area contributed by atoms with E-state index in [0.717, 1.165) is 35.2 Å². The number of aliphatic carboxylic acids is 1. The van der Waals surface area contributed by atoms with Crippen LogP contribution in [0.3, 0.4) is 0 Å². The Labute approximate surface area is 99.1 Å². The van der Waals surface area contributed by atoms with E-state index in [-0.39, 0.29) is 5.56 Å². The number of nitrogens with zero attached hydrogens (tertiary/aromatic N) is 2. The molecule has 1 aliphatic rings. The molecule has 2 rings (SSSR count). The molecule has 17 heavy (non-hydrogen) atoms. The van der Waals surface area contributed by atoms with Crippen LogP contribution in [-0.2, 0) is 17.6 Å². The fourth-order valence-corrected chi connectivity index (χ4v) is 2.17. The van der Waals surface area contributed by atoms with Gasteiger partial charge in [0.05, 0.1) is 5.69 Å². The van der Waals surface area contributed by atoms with Crippen LogP contribution in [0.1, 0.15) is 37.6 Å². The highest BCUT2D eigenvalue weighted by molar-refractivity contribution is 5.71. The van der Waals surface area contributed by atoms with Crippen molar-refractivity contribution in [1.82, 2.24) is 9.78 Å². The lowest BCUT2D eigenvalue weighted by molar-refractivity contribution is -0.140. The van der Waals surface area contributed by atoms with Gasteiger partial charge in [0.25, 0.3) is 5.56 Å². The van der Waals surface area contributed by atoms with E-state index in [2.05, 4.69) is 12.0 Å². The summed E-state index contributed by atoms with van der Waals surface area (Å²) in [6.07, 6.45) is 2.72. The van der Waals surface area contributed by atoms with Crippen LogP contribution in [0.5, 0.6) is 0 Å². The van der Waals surface area contributed by atoms with Gasteiger partial charge in [0, 0.05) is 6.07 Å². The number of carboxylic acid groups (broad SMARTS) is 1. The molecule has 0 unspecified atom stereocenters. The van der Waals surface area contributed by atoms with E-state index in [1.165, 1.54) is 13.0 Å². The summed E-state index contributed by atoms with van der Waals surface area (Å²) in [6.45, 7) is 3.61. The predicted octanol–water partition coefficient (Wildman–Crippen LogP) is 1.01. The van der Waals surface area contributed by atoms with Crippen LogP contribution >= 0.6 is 0 Å². The molecule has 0 saturated heterocycles. The molecule has 0 fully saturated rings. The Morgan fingerprint density at radius 2 is 2.35 bits per heavy atom. The maximum Gasteiger partial charge on any atom is 0.328 e. The van der Waals surface area contributed by atoms with Gasteiger partial charge >= 0.3 is 5.97 Å². The van der Waals surface area contributed by atoms with Gasteiger partial charge in [-0.1, -0.05) is 6.92 Å². The van der Waals surface area contributed by atoms with Crippen LogP contribution in [0.25, 0.3) is 0 Å². The summed E-state index contributed by atoms with van der Waals surface area (Å²) in [4.78, 5) is 22.7. The van der Waals surface area contributed by atoms with Gasteiger partial charge in [-0.2, -0.15) is 5.10 Å². The molecule has 0 amide bonds. The zero-order chi connectivity index (χ0) is 12.6. The first-order valence-corrected chi connectivity index (χ1v) is 5.83. The van der Waals surface area contributed by atoms with Crippen LogP contribution in [0, 0.1) is 5.92 Å². The van der Waals surface area contributed by atoms with Crippen molar-refractivity contribution in [2.45, 2.75) is 39.2 Å². The molecule has 1 aromatic rings. The molecule has 2 atom stereocenters. The Bertz CT molecular complexity index is 507. The predicted molar refractivity (Wildman–Crippen MR) is 62.0 cm³/mol. The summed E-state index contributed by atoms with van der Waals surface area (Å²) in [5.41, 5.74) is 1.52. The van der Waals surface area contributed by atoms with Crippen molar-refractivity contribution in [1.29, 1.82) is 0 Å². The molecule has 92 valence electrons. The molecule has 1 heterocycles. The second kappa shape index (κ2) is 4.31. The third-order valence-corrected chi connectivity index (χ3v) is 3.29. The third-order valence-electron chi connectivity index (χ3n) is 3.29. The van der Waals surface area contributed by atoms with Crippen molar-refractivity contribution in [3.05, 3.63) is 27.7 Å². The van der Waals surface area contributed by atoms with Crippen molar-refractivity contribution in [2.75, 3.05) is 0 Å². The smallest absolute Gasteiger partial charge is 0.328 e. The number of aryl methyl sites for hydroxylation is 1. The van der Waals surface area contributed by atoms with E-state index in [1.807, 2.05) is 0 Å². The molecular formula is C12H16N2O3. The highest BCUT2D eigenvalue weighted by Crippen LogP contribution is 2.22. The monoisotopic (exact) mass is 236 g/mol. The van der Waals surface area contributed by atoms with E-state index < -0.39 is 12.0 Å². The molecule has 5 nitrogen and oxygen atoms in total. The van der Waals surface area contributed by atoms with Crippen LogP contribution in [0.2, 0.25) is 0 Å². The van der Waals surface area contributed by atoms with Gasteiger partial charge in [0.2, 0.25) is 0 Å². The fraction of sp³-hybridized carbons (Fsp3) is 0.583. The average Bonchev–Trinajstić information content (AvgIpc) is 2.27. The molecule has 0 aliphatic heterocycles. The molecule has 1 aromatic heterocycles. The lowest BCUT2D eigenvalue weighted by Gasteiger charge is -2.21. The number of aromatic nitrogens is 2. The summed E-state index contributed by atoms with van der Waals surface area (Å²) < 4.78 is 1.07. The topological polar surface area (TPSA) is 72.2 Å². The van der Waals surface area contributed by atoms with Crippen LogP contribution < -0.4 is 5.56 Å². The van der Waals surface area contributed by atoms with Crippen LogP contribution in [-0.4, -0.2) is 20.9 Å². The van der Waals surface area contributed by atoms with Gasteiger partial charge in [-0.05, 0) is 37.7 Å². The van der Waals surface area contributed by atoms with Gasteiger partial charge in [0.1, 0.15) is 0 Å². The molecule has 1 aliphatic carbocycles. The SMILES string of the molecule is C[C@H]1CCc2nn([C@@H](C)C(=O)O)c(=O)cc2C1. The third kappa shape index (κ3) is 2.23. The summed E-state index contributed by atoms with van der Waals surface area (Å²) >= 11 is 0. The zero-order valence-electron chi connectivity index (χ0n) is 10.0. The number of rotatable bonds is 2. The van der Waals surface area contributed by atoms with E-state index in [4.69, 9.17) is 5.11 Å². The van der Waals surface area contributed by atoms with Gasteiger partial charge in [-0.3, -0.25) is 4.79 Å². The van der Waals surface area contributed by atoms with Gasteiger partial charge < -0.3 is 5.11 Å². The summed E-state index contributed by atoms with van der Waals surface area (Å²) in [7, 11) is 0. The summed E-state index contributed by atoms with van der Waals surface area (Å²) in [5, 5.41) is 13.1. The number of hydrogen-bond donors (Lipinski definition) is 1. The second-order valence-corrected chi connectivity index (χ2v) is 4.76. The average molecular weight is 236 g/mol. The number of hydrogen-bond acceptors (Lipinski definition) is 3. The first-order chi connectivity index (χ1) is 7.99. The van der Waals surface area contributed by atoms with E-state index in [0.29, 0.717) is 5.92 Å². The lowest BCUT2D eigenvalue weighted by atomic mass is 9.88. The maximum atomic E-state index is 11.8. The normalized spacial score (nSPS) is 20.7. The molecular weight excluding hydrogens is 220 g/mol. The highest BCUT2D eigenvalue weighted by Gasteiger charge is 2.21. The lowest BCUT2D eigenvalue weighted by Crippen LogP contribution is -2.32. The Kier molecular flexibility index (Phi) is 3.00. The largest absolute Gasteiger partial charge is 0.480 e. The fourth-order valence-electron chi connectivity index (χ4n) is 2.17. The molecule has 0 aromatic carbocycles. The van der Waals surface area contributed by atoms with E-state index in [1.54, 1.807) is 0 Å². The van der Waals surface area contributed by atoms with Crippen LogP contribution in [0.4, 0.5) is 0 Å². The Hall–Kier alpha value is -1.65. The number of carboxylic acids is 1. The minimum Gasteiger partial charge on any atom is -0.480 e. The summed E-state index contributed by atoms with van der Waals surface area (Å²) in [5.74, 6) is -0.472. The maximum absolute atomic E-state index is 11.8. The van der Waals surface area contributed by atoms with Crippen molar-refractivity contribution in [3.63, 3.8) is 0 Å².